The Kier molecular flexibility index (Phi) is 11.4. The van der Waals surface area contributed by atoms with Gasteiger partial charge in [-0.05, 0) is 43.5 Å². The smallest absolute Gasteiger partial charge is 0.309 e. The van der Waals surface area contributed by atoms with Gasteiger partial charge in [0, 0.05) is 43.2 Å². The minimum Gasteiger partial charge on any atom is -0.488 e. The van der Waals surface area contributed by atoms with Crippen LogP contribution in [-0.2, 0) is 34.5 Å². The summed E-state index contributed by atoms with van der Waals surface area (Å²) >= 11 is 1.33. The Morgan fingerprint density at radius 1 is 1.11 bits per heavy atom. The third-order valence-electron chi connectivity index (χ3n) is 7.24. The van der Waals surface area contributed by atoms with E-state index in [0.29, 0.717) is 61.4 Å². The van der Waals surface area contributed by atoms with Gasteiger partial charge in [0.2, 0.25) is 5.85 Å². The van der Waals surface area contributed by atoms with Gasteiger partial charge >= 0.3 is 7.72 Å². The molecule has 3 aromatic rings. The lowest BCUT2D eigenvalue weighted by molar-refractivity contribution is 0.0330. The van der Waals surface area contributed by atoms with Crippen molar-refractivity contribution in [2.75, 3.05) is 45.1 Å². The fourth-order valence-corrected chi connectivity index (χ4v) is 9.57. The number of hydrogen-bond acceptors (Lipinski definition) is 12. The van der Waals surface area contributed by atoms with Crippen molar-refractivity contribution in [1.82, 2.24) is 9.97 Å². The van der Waals surface area contributed by atoms with Crippen LogP contribution in [0, 0.1) is 0 Å². The summed E-state index contributed by atoms with van der Waals surface area (Å²) in [5.41, 5.74) is 1.07. The minimum absolute atomic E-state index is 0.0599. The molecule has 2 aliphatic heterocycles. The molecule has 1 amide bonds. The van der Waals surface area contributed by atoms with E-state index in [2.05, 4.69) is 10.3 Å². The molecule has 0 aliphatic carbocycles. The fourth-order valence-electron chi connectivity index (χ4n) is 4.99. The van der Waals surface area contributed by atoms with E-state index in [1.165, 1.54) is 29.7 Å². The number of thiazole rings is 1. The Labute approximate surface area is 268 Å². The van der Waals surface area contributed by atoms with Crippen molar-refractivity contribution in [3.05, 3.63) is 53.2 Å². The summed E-state index contributed by atoms with van der Waals surface area (Å²) in [7, 11) is -4.18. The summed E-state index contributed by atoms with van der Waals surface area (Å²) in [5.74, 6) is 0.556. The van der Waals surface area contributed by atoms with Gasteiger partial charge in [0.1, 0.15) is 23.4 Å². The Bertz CT molecular complexity index is 1540. The van der Waals surface area contributed by atoms with Gasteiger partial charge in [0.05, 0.1) is 38.3 Å². The second-order valence-electron chi connectivity index (χ2n) is 10.8. The van der Waals surface area contributed by atoms with E-state index in [1.54, 1.807) is 25.3 Å². The van der Waals surface area contributed by atoms with E-state index in [1.807, 2.05) is 12.3 Å². The lowest BCUT2D eigenvalue weighted by atomic mass is 10.2. The number of nitrogens with zero attached hydrogens (tertiary/aromatic N) is 2. The average Bonchev–Trinajstić information content (AvgIpc) is 3.47. The van der Waals surface area contributed by atoms with Gasteiger partial charge in [-0.15, -0.1) is 11.3 Å². The quantitative estimate of drug-likeness (QED) is 0.209. The number of benzene rings is 1. The maximum atomic E-state index is 13.5. The van der Waals surface area contributed by atoms with Crippen molar-refractivity contribution in [3.63, 3.8) is 0 Å². The molecule has 45 heavy (non-hydrogen) atoms. The normalized spacial score (nSPS) is 19.0. The Morgan fingerprint density at radius 2 is 1.91 bits per heavy atom. The molecule has 15 heteroatoms. The van der Waals surface area contributed by atoms with Crippen molar-refractivity contribution >= 4 is 39.9 Å². The van der Waals surface area contributed by atoms with Crippen molar-refractivity contribution < 1.29 is 41.2 Å². The van der Waals surface area contributed by atoms with Crippen molar-refractivity contribution in [3.8, 4) is 17.2 Å². The SMILES string of the molecule is CC[C@@H](COC)Oc1cc(Oc2ccc(S(C)(=O)=O)nc2)cc(C(=O)Nc2nc(C[P+]3(C4CCCCO4)OCCCO3)cs2)c1. The summed E-state index contributed by atoms with van der Waals surface area (Å²) in [6.45, 7) is 4.34. The number of rotatable bonds is 13. The lowest BCUT2D eigenvalue weighted by Gasteiger charge is -2.34. The highest BCUT2D eigenvalue weighted by atomic mass is 32.2. The molecule has 2 aromatic heterocycles. The number of carbonyl (C=O) groups excluding carboxylic acids is 1. The molecule has 0 spiro atoms. The zero-order valence-corrected chi connectivity index (χ0v) is 28.1. The van der Waals surface area contributed by atoms with E-state index >= 15 is 0 Å². The summed E-state index contributed by atoms with van der Waals surface area (Å²) in [5, 5.41) is 5.18. The van der Waals surface area contributed by atoms with Gasteiger partial charge in [-0.3, -0.25) is 10.1 Å². The Balaban J connectivity index is 1.34. The maximum Gasteiger partial charge on any atom is 0.309 e. The number of anilines is 1. The summed E-state index contributed by atoms with van der Waals surface area (Å²) in [4.78, 5) is 22.2. The number of ether oxygens (including phenoxy) is 4. The van der Waals surface area contributed by atoms with Gasteiger partial charge in [-0.1, -0.05) is 6.92 Å². The van der Waals surface area contributed by atoms with Crippen LogP contribution in [0.1, 0.15) is 55.1 Å². The molecule has 5 rings (SSSR count). The molecule has 4 heterocycles. The van der Waals surface area contributed by atoms with Crippen molar-refractivity contribution in [2.24, 2.45) is 0 Å². The van der Waals surface area contributed by atoms with Crippen LogP contribution in [0.5, 0.6) is 17.2 Å². The van der Waals surface area contributed by atoms with Crippen LogP contribution in [-0.4, -0.2) is 76.0 Å². The second kappa shape index (κ2) is 15.3. The Morgan fingerprint density at radius 3 is 2.58 bits per heavy atom. The molecule has 1 unspecified atom stereocenters. The maximum absolute atomic E-state index is 13.5. The van der Waals surface area contributed by atoms with Gasteiger partial charge in [0.25, 0.3) is 5.91 Å². The molecule has 244 valence electrons. The molecule has 1 N–H and O–H groups in total. The van der Waals surface area contributed by atoms with Crippen LogP contribution in [0.2, 0.25) is 0 Å². The average molecular weight is 681 g/mol. The number of hydrogen-bond donors (Lipinski definition) is 1. The van der Waals surface area contributed by atoms with Crippen LogP contribution < -0.4 is 14.8 Å². The molecule has 0 radical (unpaired) electrons. The lowest BCUT2D eigenvalue weighted by Crippen LogP contribution is -2.29. The van der Waals surface area contributed by atoms with Crippen LogP contribution in [0.4, 0.5) is 5.13 Å². The van der Waals surface area contributed by atoms with E-state index < -0.39 is 23.5 Å². The predicted molar refractivity (Wildman–Crippen MR) is 171 cm³/mol. The van der Waals surface area contributed by atoms with Crippen LogP contribution in [0.15, 0.2) is 46.9 Å². The highest BCUT2D eigenvalue weighted by Gasteiger charge is 2.54. The molecule has 2 fully saturated rings. The number of nitrogens with one attached hydrogen (secondary N) is 1. The van der Waals surface area contributed by atoms with Crippen LogP contribution >= 0.6 is 19.1 Å². The van der Waals surface area contributed by atoms with Gasteiger partial charge in [-0.25, -0.2) is 27.4 Å². The zero-order valence-electron chi connectivity index (χ0n) is 25.6. The van der Waals surface area contributed by atoms with Crippen molar-refractivity contribution in [1.29, 1.82) is 0 Å². The zero-order chi connectivity index (χ0) is 31.9. The molecule has 2 saturated heterocycles. The predicted octanol–water partition coefficient (Wildman–Crippen LogP) is 6.10. The fraction of sp³-hybridized carbons (Fsp3) is 0.500. The number of carbonyl (C=O) groups is 1. The largest absolute Gasteiger partial charge is 0.488 e. The first-order valence-electron chi connectivity index (χ1n) is 14.9. The number of methoxy groups -OCH3 is 1. The van der Waals surface area contributed by atoms with Crippen LogP contribution in [0.25, 0.3) is 0 Å². The molecule has 0 saturated carbocycles. The molecule has 2 aliphatic rings. The molecule has 1 aromatic carbocycles. The van der Waals surface area contributed by atoms with Gasteiger partial charge in [0.15, 0.2) is 26.2 Å². The van der Waals surface area contributed by atoms with E-state index in [9.17, 15) is 13.2 Å². The molecule has 0 bridgehead atoms. The summed E-state index contributed by atoms with van der Waals surface area (Å²) in [6.07, 6.45) is 7.25. The first-order valence-corrected chi connectivity index (χ1v) is 19.5. The Hall–Kier alpha value is -2.71. The third-order valence-corrected chi connectivity index (χ3v) is 12.3. The summed E-state index contributed by atoms with van der Waals surface area (Å²) in [6, 6.07) is 7.72. The van der Waals surface area contributed by atoms with E-state index in [0.717, 1.165) is 37.6 Å². The first-order chi connectivity index (χ1) is 21.7. The molecule has 2 atom stereocenters. The third kappa shape index (κ3) is 8.97. The highest BCUT2D eigenvalue weighted by Crippen LogP contribution is 2.70. The number of amides is 1. The topological polar surface area (TPSA) is 144 Å². The van der Waals surface area contributed by atoms with E-state index in [4.69, 9.17) is 33.0 Å². The van der Waals surface area contributed by atoms with Gasteiger partial charge < -0.3 is 18.9 Å². The summed E-state index contributed by atoms with van der Waals surface area (Å²) < 4.78 is 59.6. The van der Waals surface area contributed by atoms with Crippen molar-refractivity contribution in [2.45, 2.75) is 62.2 Å². The number of aromatic nitrogens is 2. The van der Waals surface area contributed by atoms with Gasteiger partial charge in [-0.2, -0.15) is 0 Å². The molecular formula is C30H39N3O9PS2+. The molecular weight excluding hydrogens is 641 g/mol. The standard InChI is InChI=1S/C30H38N3O9PS2/c1-4-23(18-37-2)41-25-14-21(15-26(16-25)42-24-9-10-27(31-17-24)45(3,35)36)29(34)33-30-32-22(20-44-30)19-43(39-12-7-13-40-43)28-8-5-6-11-38-28/h9-10,14-17,20,23,28H,4-8,11-13,18-19H2,1-3H3/p+1/t23-,28?/m0/s1. The first kappa shape index (κ1) is 33.6. The minimum atomic E-state index is -3.46. The molecule has 12 nitrogen and oxygen atoms in total. The number of sulfone groups is 1. The van der Waals surface area contributed by atoms with Crippen LogP contribution in [0.3, 0.4) is 0 Å². The van der Waals surface area contributed by atoms with E-state index in [-0.39, 0.29) is 22.5 Å². The highest BCUT2D eigenvalue weighted by molar-refractivity contribution is 7.90. The number of pyridine rings is 1. The second-order valence-corrected chi connectivity index (χ2v) is 16.5. The monoisotopic (exact) mass is 680 g/mol.